The first kappa shape index (κ1) is 17.3. The molecule has 0 bridgehead atoms. The standard InChI is InChI=1S/C15H23ClN2OS/c1-10(2)8-13(9-17)18-15(19)11(3)20-14-6-4-12(16)5-7-14/h4-7,10-11,13H,8-9,17H2,1-3H3,(H,18,19). The number of benzene rings is 1. The van der Waals surface area contributed by atoms with E-state index in [2.05, 4.69) is 19.2 Å². The molecule has 0 fully saturated rings. The first-order chi connectivity index (χ1) is 9.42. The van der Waals surface area contributed by atoms with Crippen LogP contribution in [0.2, 0.25) is 5.02 Å². The van der Waals surface area contributed by atoms with E-state index >= 15 is 0 Å². The van der Waals surface area contributed by atoms with Crippen LogP contribution in [-0.4, -0.2) is 23.7 Å². The van der Waals surface area contributed by atoms with E-state index in [-0.39, 0.29) is 17.2 Å². The molecule has 0 aliphatic rings. The van der Waals surface area contributed by atoms with Gasteiger partial charge >= 0.3 is 0 Å². The first-order valence-corrected chi connectivity index (χ1v) is 8.10. The summed E-state index contributed by atoms with van der Waals surface area (Å²) in [6.07, 6.45) is 0.903. The molecular formula is C15H23ClN2OS. The minimum Gasteiger partial charge on any atom is -0.351 e. The molecule has 3 N–H and O–H groups in total. The normalized spacial score (nSPS) is 14.1. The van der Waals surface area contributed by atoms with E-state index in [1.54, 1.807) is 0 Å². The number of amides is 1. The lowest BCUT2D eigenvalue weighted by Gasteiger charge is -2.21. The van der Waals surface area contributed by atoms with E-state index in [4.69, 9.17) is 17.3 Å². The predicted octanol–water partition coefficient (Wildman–Crippen LogP) is 3.31. The highest BCUT2D eigenvalue weighted by molar-refractivity contribution is 8.00. The number of halogens is 1. The Morgan fingerprint density at radius 3 is 2.40 bits per heavy atom. The molecule has 112 valence electrons. The van der Waals surface area contributed by atoms with E-state index in [9.17, 15) is 4.79 Å². The molecule has 2 unspecified atom stereocenters. The van der Waals surface area contributed by atoms with Crippen molar-refractivity contribution in [2.24, 2.45) is 11.7 Å². The van der Waals surface area contributed by atoms with Crippen molar-refractivity contribution in [1.82, 2.24) is 5.32 Å². The zero-order chi connectivity index (χ0) is 15.1. The van der Waals surface area contributed by atoms with Crippen LogP contribution in [-0.2, 0) is 4.79 Å². The van der Waals surface area contributed by atoms with Gasteiger partial charge in [-0.25, -0.2) is 0 Å². The van der Waals surface area contributed by atoms with Crippen LogP contribution < -0.4 is 11.1 Å². The van der Waals surface area contributed by atoms with Crippen LogP contribution in [0.1, 0.15) is 27.2 Å². The van der Waals surface area contributed by atoms with Gasteiger partial charge in [0.25, 0.3) is 0 Å². The largest absolute Gasteiger partial charge is 0.351 e. The summed E-state index contributed by atoms with van der Waals surface area (Å²) in [5.74, 6) is 0.545. The average molecular weight is 315 g/mol. The first-order valence-electron chi connectivity index (χ1n) is 6.85. The fraction of sp³-hybridized carbons (Fsp3) is 0.533. The summed E-state index contributed by atoms with van der Waals surface area (Å²) in [4.78, 5) is 13.2. The lowest BCUT2D eigenvalue weighted by atomic mass is 10.0. The summed E-state index contributed by atoms with van der Waals surface area (Å²) >= 11 is 7.36. The van der Waals surface area contributed by atoms with Crippen LogP contribution in [0.3, 0.4) is 0 Å². The highest BCUT2D eigenvalue weighted by atomic mass is 35.5. The Balaban J connectivity index is 2.51. The number of rotatable bonds is 7. The molecule has 2 atom stereocenters. The van der Waals surface area contributed by atoms with Crippen molar-refractivity contribution in [3.63, 3.8) is 0 Å². The van der Waals surface area contributed by atoms with Crippen molar-refractivity contribution in [3.05, 3.63) is 29.3 Å². The molecule has 0 heterocycles. The maximum Gasteiger partial charge on any atom is 0.233 e. The molecule has 0 spiro atoms. The van der Waals surface area contributed by atoms with Gasteiger partial charge in [0, 0.05) is 22.5 Å². The highest BCUT2D eigenvalue weighted by Crippen LogP contribution is 2.24. The fourth-order valence-corrected chi connectivity index (χ4v) is 2.87. The molecule has 1 aromatic rings. The molecule has 3 nitrogen and oxygen atoms in total. The molecule has 20 heavy (non-hydrogen) atoms. The van der Waals surface area contributed by atoms with Crippen molar-refractivity contribution in [2.75, 3.05) is 6.54 Å². The second kappa shape index (κ2) is 8.55. The smallest absolute Gasteiger partial charge is 0.233 e. The van der Waals surface area contributed by atoms with Gasteiger partial charge in [-0.1, -0.05) is 25.4 Å². The van der Waals surface area contributed by atoms with Crippen LogP contribution in [0.4, 0.5) is 0 Å². The molecule has 0 aromatic heterocycles. The molecule has 1 rings (SSSR count). The van der Waals surface area contributed by atoms with Gasteiger partial charge < -0.3 is 11.1 Å². The zero-order valence-corrected chi connectivity index (χ0v) is 13.8. The summed E-state index contributed by atoms with van der Waals surface area (Å²) in [7, 11) is 0. The second-order valence-electron chi connectivity index (χ2n) is 5.28. The number of nitrogens with one attached hydrogen (secondary N) is 1. The van der Waals surface area contributed by atoms with Crippen molar-refractivity contribution in [2.45, 2.75) is 43.4 Å². The van der Waals surface area contributed by atoms with Crippen LogP contribution in [0.5, 0.6) is 0 Å². The molecule has 0 aliphatic carbocycles. The Morgan fingerprint density at radius 2 is 1.90 bits per heavy atom. The lowest BCUT2D eigenvalue weighted by Crippen LogP contribution is -2.44. The number of carbonyl (C=O) groups excluding carboxylic acids is 1. The van der Waals surface area contributed by atoms with Gasteiger partial charge in [-0.3, -0.25) is 4.79 Å². The molecular weight excluding hydrogens is 292 g/mol. The number of nitrogens with two attached hydrogens (primary N) is 1. The number of carbonyl (C=O) groups is 1. The molecule has 0 saturated carbocycles. The molecule has 5 heteroatoms. The SMILES string of the molecule is CC(C)CC(CN)NC(=O)C(C)Sc1ccc(Cl)cc1. The Kier molecular flexibility index (Phi) is 7.41. The van der Waals surface area contributed by atoms with Gasteiger partial charge in [0.05, 0.1) is 5.25 Å². The lowest BCUT2D eigenvalue weighted by molar-refractivity contribution is -0.121. The highest BCUT2D eigenvalue weighted by Gasteiger charge is 2.18. The maximum atomic E-state index is 12.2. The van der Waals surface area contributed by atoms with Crippen molar-refractivity contribution in [1.29, 1.82) is 0 Å². The number of thioether (sulfide) groups is 1. The van der Waals surface area contributed by atoms with E-state index in [0.717, 1.165) is 11.3 Å². The number of hydrogen-bond donors (Lipinski definition) is 2. The Labute approximate surface area is 130 Å². The van der Waals surface area contributed by atoms with Crippen LogP contribution in [0.15, 0.2) is 29.2 Å². The molecule has 1 amide bonds. The average Bonchev–Trinajstić information content (AvgIpc) is 2.39. The summed E-state index contributed by atoms with van der Waals surface area (Å²) in [5.41, 5.74) is 5.70. The summed E-state index contributed by atoms with van der Waals surface area (Å²) in [5, 5.41) is 3.56. The third kappa shape index (κ3) is 6.16. The van der Waals surface area contributed by atoms with Gasteiger partial charge in [0.1, 0.15) is 0 Å². The van der Waals surface area contributed by atoms with Crippen LogP contribution >= 0.6 is 23.4 Å². The van der Waals surface area contributed by atoms with Gasteiger partial charge in [0.2, 0.25) is 5.91 Å². The van der Waals surface area contributed by atoms with Gasteiger partial charge in [-0.05, 0) is 43.5 Å². The third-order valence-corrected chi connectivity index (χ3v) is 4.25. The minimum atomic E-state index is -0.155. The molecule has 0 saturated heterocycles. The Hall–Kier alpha value is -0.710. The summed E-state index contributed by atoms with van der Waals surface area (Å²) in [6, 6.07) is 7.55. The van der Waals surface area contributed by atoms with Gasteiger partial charge in [-0.2, -0.15) is 0 Å². The molecule has 1 aromatic carbocycles. The van der Waals surface area contributed by atoms with Gasteiger partial charge in [-0.15, -0.1) is 11.8 Å². The van der Waals surface area contributed by atoms with Gasteiger partial charge in [0.15, 0.2) is 0 Å². The molecule has 0 aliphatic heterocycles. The molecule has 0 radical (unpaired) electrons. The topological polar surface area (TPSA) is 55.1 Å². The van der Waals surface area contributed by atoms with Crippen molar-refractivity contribution < 1.29 is 4.79 Å². The maximum absolute atomic E-state index is 12.2. The van der Waals surface area contributed by atoms with Crippen molar-refractivity contribution in [3.8, 4) is 0 Å². The predicted molar refractivity (Wildman–Crippen MR) is 87.2 cm³/mol. The fourth-order valence-electron chi connectivity index (χ4n) is 1.87. The Morgan fingerprint density at radius 1 is 1.30 bits per heavy atom. The van der Waals surface area contributed by atoms with E-state index in [1.807, 2.05) is 31.2 Å². The third-order valence-electron chi connectivity index (χ3n) is 2.88. The zero-order valence-electron chi connectivity index (χ0n) is 12.2. The van der Waals surface area contributed by atoms with E-state index < -0.39 is 0 Å². The monoisotopic (exact) mass is 314 g/mol. The van der Waals surface area contributed by atoms with E-state index in [0.29, 0.717) is 17.5 Å². The number of hydrogen-bond acceptors (Lipinski definition) is 3. The van der Waals surface area contributed by atoms with Crippen molar-refractivity contribution >= 4 is 29.3 Å². The quantitative estimate of drug-likeness (QED) is 0.759. The van der Waals surface area contributed by atoms with E-state index in [1.165, 1.54) is 11.8 Å². The second-order valence-corrected chi connectivity index (χ2v) is 7.14. The van der Waals surface area contributed by atoms with Crippen LogP contribution in [0, 0.1) is 5.92 Å². The summed E-state index contributed by atoms with van der Waals surface area (Å²) in [6.45, 7) is 6.63. The van der Waals surface area contributed by atoms with Crippen LogP contribution in [0.25, 0.3) is 0 Å². The minimum absolute atomic E-state index is 0.0287. The summed E-state index contributed by atoms with van der Waals surface area (Å²) < 4.78 is 0. The Bertz CT molecular complexity index is 422.